The number of hydrogen-bond donors (Lipinski definition) is 0. The highest BCUT2D eigenvalue weighted by Gasteiger charge is 2.35. The van der Waals surface area contributed by atoms with Crippen LogP contribution >= 0.6 is 0 Å². The van der Waals surface area contributed by atoms with E-state index in [1.807, 2.05) is 0 Å². The molecule has 0 heterocycles. The van der Waals surface area contributed by atoms with Crippen LogP contribution in [0, 0.1) is 23.7 Å². The Morgan fingerprint density at radius 3 is 2.47 bits per heavy atom. The van der Waals surface area contributed by atoms with Gasteiger partial charge in [0.2, 0.25) is 0 Å². The molecule has 2 unspecified atom stereocenters. The summed E-state index contributed by atoms with van der Waals surface area (Å²) in [6.45, 7) is 7.32. The zero-order chi connectivity index (χ0) is 20.7. The Kier molecular flexibility index (Phi) is 5.55. The molecular formula is C30H40. The Hall–Kier alpha value is -1.56. The first-order valence-electron chi connectivity index (χ1n) is 12.7. The SMILES string of the molecule is CC(C)(C)c1c(C2=CC3C=CCC[C@@H]3CC2)cccc1[C@@H]1CC[C@@H]2CCC=CC2C1. The molecule has 5 rings (SSSR count). The Balaban J connectivity index is 1.53. The van der Waals surface area contributed by atoms with E-state index in [9.17, 15) is 0 Å². The van der Waals surface area contributed by atoms with Crippen molar-refractivity contribution in [3.63, 3.8) is 0 Å². The van der Waals surface area contributed by atoms with Gasteiger partial charge in [-0.3, -0.25) is 0 Å². The monoisotopic (exact) mass is 400 g/mol. The van der Waals surface area contributed by atoms with Crippen LogP contribution in [0.4, 0.5) is 0 Å². The largest absolute Gasteiger partial charge is 0.0882 e. The molecule has 4 aliphatic rings. The number of allylic oxidation sites excluding steroid dienone is 6. The van der Waals surface area contributed by atoms with Gasteiger partial charge in [-0.05, 0) is 115 Å². The van der Waals surface area contributed by atoms with E-state index in [2.05, 4.69) is 69.4 Å². The van der Waals surface area contributed by atoms with Crippen LogP contribution in [0.15, 0.2) is 48.6 Å². The molecule has 1 aromatic carbocycles. The lowest BCUT2D eigenvalue weighted by Crippen LogP contribution is -2.27. The molecule has 1 aromatic rings. The predicted octanol–water partition coefficient (Wildman–Crippen LogP) is 8.59. The molecule has 0 aliphatic heterocycles. The number of rotatable bonds is 2. The molecule has 0 N–H and O–H groups in total. The molecule has 160 valence electrons. The van der Waals surface area contributed by atoms with Crippen molar-refractivity contribution < 1.29 is 0 Å². The summed E-state index contributed by atoms with van der Waals surface area (Å²) in [5.74, 6) is 4.05. The zero-order valence-electron chi connectivity index (χ0n) is 19.4. The minimum atomic E-state index is 0.186. The minimum absolute atomic E-state index is 0.186. The first kappa shape index (κ1) is 20.3. The van der Waals surface area contributed by atoms with Crippen molar-refractivity contribution in [1.29, 1.82) is 0 Å². The molecular weight excluding hydrogens is 360 g/mol. The topological polar surface area (TPSA) is 0 Å². The summed E-state index contributed by atoms with van der Waals surface area (Å²) < 4.78 is 0. The van der Waals surface area contributed by atoms with Crippen molar-refractivity contribution in [1.82, 2.24) is 0 Å². The number of hydrogen-bond acceptors (Lipinski definition) is 0. The van der Waals surface area contributed by atoms with E-state index in [0.717, 1.165) is 23.7 Å². The van der Waals surface area contributed by atoms with Gasteiger partial charge in [0.1, 0.15) is 0 Å². The molecule has 5 atom stereocenters. The van der Waals surface area contributed by atoms with E-state index in [1.165, 1.54) is 57.8 Å². The number of fused-ring (bicyclic) bond motifs is 2. The van der Waals surface area contributed by atoms with Crippen LogP contribution in [-0.2, 0) is 5.41 Å². The van der Waals surface area contributed by atoms with Gasteiger partial charge >= 0.3 is 0 Å². The molecule has 30 heavy (non-hydrogen) atoms. The maximum atomic E-state index is 2.64. The normalized spacial score (nSPS) is 33.6. The highest BCUT2D eigenvalue weighted by atomic mass is 14.4. The van der Waals surface area contributed by atoms with Crippen molar-refractivity contribution in [2.75, 3.05) is 0 Å². The lowest BCUT2D eigenvalue weighted by Gasteiger charge is -2.39. The second-order valence-corrected chi connectivity index (χ2v) is 11.5. The summed E-state index contributed by atoms with van der Waals surface area (Å²) in [6.07, 6.45) is 24.7. The van der Waals surface area contributed by atoms with Crippen LogP contribution in [0.5, 0.6) is 0 Å². The summed E-state index contributed by atoms with van der Waals surface area (Å²) in [5.41, 5.74) is 6.70. The minimum Gasteiger partial charge on any atom is -0.0882 e. The van der Waals surface area contributed by atoms with Gasteiger partial charge in [0.25, 0.3) is 0 Å². The molecule has 0 nitrogen and oxygen atoms in total. The van der Waals surface area contributed by atoms with E-state index in [1.54, 1.807) is 22.3 Å². The summed E-state index contributed by atoms with van der Waals surface area (Å²) in [4.78, 5) is 0. The molecule has 0 radical (unpaired) electrons. The fourth-order valence-electron chi connectivity index (χ4n) is 7.06. The van der Waals surface area contributed by atoms with E-state index in [0.29, 0.717) is 5.92 Å². The molecule has 1 fully saturated rings. The quantitative estimate of drug-likeness (QED) is 0.436. The average molecular weight is 401 g/mol. The van der Waals surface area contributed by atoms with Crippen LogP contribution in [0.2, 0.25) is 0 Å². The predicted molar refractivity (Wildman–Crippen MR) is 130 cm³/mol. The van der Waals surface area contributed by atoms with Crippen molar-refractivity contribution >= 4 is 5.57 Å². The molecule has 0 heteroatoms. The van der Waals surface area contributed by atoms with Crippen LogP contribution in [-0.4, -0.2) is 0 Å². The summed E-state index contributed by atoms with van der Waals surface area (Å²) in [7, 11) is 0. The summed E-state index contributed by atoms with van der Waals surface area (Å²) in [6, 6.07) is 7.29. The fourth-order valence-corrected chi connectivity index (χ4v) is 7.06. The highest BCUT2D eigenvalue weighted by Crippen LogP contribution is 2.48. The van der Waals surface area contributed by atoms with Crippen LogP contribution < -0.4 is 0 Å². The molecule has 1 saturated carbocycles. The van der Waals surface area contributed by atoms with Gasteiger partial charge in [0.15, 0.2) is 0 Å². The smallest absolute Gasteiger partial charge is 0.00189 e. The molecule has 0 bridgehead atoms. The molecule has 4 aliphatic carbocycles. The third-order valence-electron chi connectivity index (χ3n) is 8.55. The second kappa shape index (κ2) is 8.18. The van der Waals surface area contributed by atoms with Gasteiger partial charge in [0, 0.05) is 0 Å². The van der Waals surface area contributed by atoms with Gasteiger partial charge in [0.05, 0.1) is 0 Å². The van der Waals surface area contributed by atoms with Gasteiger partial charge in [-0.2, -0.15) is 0 Å². The standard InChI is InChI=1S/C30H40/c1-30(2,3)29-27(25-17-15-21-9-4-6-11-23(21)19-25)13-8-14-28(29)26-18-16-22-10-5-7-12-24(22)20-26/h6-8,11-14,19,21-24,26H,4-5,9-10,15-18,20H2,1-3H3/t21-,22+,23?,24?,26-/m1/s1. The van der Waals surface area contributed by atoms with Gasteiger partial charge in [-0.25, -0.2) is 0 Å². The summed E-state index contributed by atoms with van der Waals surface area (Å²) in [5, 5.41) is 0. The maximum absolute atomic E-state index is 2.64. The molecule has 0 amide bonds. The molecule has 0 aromatic heterocycles. The van der Waals surface area contributed by atoms with E-state index in [-0.39, 0.29) is 5.41 Å². The van der Waals surface area contributed by atoms with Gasteiger partial charge in [-0.1, -0.05) is 69.4 Å². The van der Waals surface area contributed by atoms with E-state index in [4.69, 9.17) is 0 Å². The highest BCUT2D eigenvalue weighted by molar-refractivity contribution is 5.72. The Morgan fingerprint density at radius 1 is 0.833 bits per heavy atom. The van der Waals surface area contributed by atoms with Crippen molar-refractivity contribution in [3.8, 4) is 0 Å². The Morgan fingerprint density at radius 2 is 1.63 bits per heavy atom. The number of benzene rings is 1. The summed E-state index contributed by atoms with van der Waals surface area (Å²) >= 11 is 0. The third kappa shape index (κ3) is 3.88. The third-order valence-corrected chi connectivity index (χ3v) is 8.55. The van der Waals surface area contributed by atoms with Crippen molar-refractivity contribution in [2.45, 2.75) is 89.9 Å². The Bertz CT molecular complexity index is 859. The lowest BCUT2D eigenvalue weighted by atomic mass is 9.65. The van der Waals surface area contributed by atoms with Crippen molar-refractivity contribution in [3.05, 3.63) is 65.3 Å². The fraction of sp³-hybridized carbons (Fsp3) is 0.600. The molecule has 0 spiro atoms. The maximum Gasteiger partial charge on any atom is -0.00189 e. The van der Waals surface area contributed by atoms with Crippen LogP contribution in [0.25, 0.3) is 5.57 Å². The van der Waals surface area contributed by atoms with E-state index >= 15 is 0 Å². The van der Waals surface area contributed by atoms with Gasteiger partial charge in [-0.15, -0.1) is 0 Å². The van der Waals surface area contributed by atoms with Crippen LogP contribution in [0.1, 0.15) is 101 Å². The first-order valence-corrected chi connectivity index (χ1v) is 12.7. The lowest BCUT2D eigenvalue weighted by molar-refractivity contribution is 0.235. The van der Waals surface area contributed by atoms with Crippen molar-refractivity contribution in [2.24, 2.45) is 23.7 Å². The Labute approximate surface area is 184 Å². The zero-order valence-corrected chi connectivity index (χ0v) is 19.4. The van der Waals surface area contributed by atoms with Crippen LogP contribution in [0.3, 0.4) is 0 Å². The average Bonchev–Trinajstić information content (AvgIpc) is 2.77. The first-order chi connectivity index (χ1) is 14.5. The molecule has 0 saturated heterocycles. The second-order valence-electron chi connectivity index (χ2n) is 11.5. The van der Waals surface area contributed by atoms with Gasteiger partial charge < -0.3 is 0 Å². The van der Waals surface area contributed by atoms with E-state index < -0.39 is 0 Å².